The molecule has 1 aliphatic heterocycles. The molecule has 1 aromatic heterocycles. The Labute approximate surface area is 126 Å². The zero-order valence-corrected chi connectivity index (χ0v) is 13.1. The van der Waals surface area contributed by atoms with Crippen molar-refractivity contribution in [2.45, 2.75) is 32.9 Å². The molecule has 0 radical (unpaired) electrons. The van der Waals surface area contributed by atoms with E-state index in [1.165, 1.54) is 16.8 Å². The Balaban J connectivity index is 1.76. The zero-order valence-electron chi connectivity index (χ0n) is 13.1. The first-order chi connectivity index (χ1) is 10.2. The molecule has 1 N–H and O–H groups in total. The van der Waals surface area contributed by atoms with Gasteiger partial charge >= 0.3 is 0 Å². The minimum absolute atomic E-state index is 0.421. The minimum Gasteiger partial charge on any atom is -0.365 e. The molecule has 1 aromatic carbocycles. The van der Waals surface area contributed by atoms with E-state index >= 15 is 0 Å². The van der Waals surface area contributed by atoms with Crippen LogP contribution in [0.2, 0.25) is 0 Å². The number of anilines is 1. The number of fused-ring (bicyclic) bond motifs is 1. The number of hydrogen-bond donors (Lipinski definition) is 1. The van der Waals surface area contributed by atoms with Crippen molar-refractivity contribution in [3.63, 3.8) is 0 Å². The molecule has 3 rings (SSSR count). The Kier molecular flexibility index (Phi) is 3.97. The average molecular weight is 284 g/mol. The highest BCUT2D eigenvalue weighted by atomic mass is 15.3. The summed E-state index contributed by atoms with van der Waals surface area (Å²) >= 11 is 0. The van der Waals surface area contributed by atoms with Crippen molar-refractivity contribution in [1.29, 1.82) is 0 Å². The van der Waals surface area contributed by atoms with Crippen molar-refractivity contribution in [1.82, 2.24) is 15.1 Å². The smallest absolute Gasteiger partial charge is 0.0817 e. The number of aryl methyl sites for hydroxylation is 1. The van der Waals surface area contributed by atoms with Gasteiger partial charge in [-0.05, 0) is 43.1 Å². The summed E-state index contributed by atoms with van der Waals surface area (Å²) in [5.74, 6) is 0. The van der Waals surface area contributed by atoms with E-state index in [0.717, 1.165) is 31.7 Å². The van der Waals surface area contributed by atoms with Crippen LogP contribution in [0, 0.1) is 0 Å². The fraction of sp³-hybridized carbons (Fsp3) is 0.471. The van der Waals surface area contributed by atoms with Gasteiger partial charge in [-0.3, -0.25) is 4.68 Å². The van der Waals surface area contributed by atoms with E-state index in [-0.39, 0.29) is 0 Å². The standard InChI is InChI=1S/C17H24N4/c1-4-18-13(2)14-5-6-17-15(11-14)7-10-21(17)12-16-8-9-20(3)19-16/h5-6,8-9,11,13,18H,4,7,10,12H2,1-3H3. The van der Waals surface area contributed by atoms with Gasteiger partial charge in [0.15, 0.2) is 0 Å². The summed E-state index contributed by atoms with van der Waals surface area (Å²) in [4.78, 5) is 2.43. The van der Waals surface area contributed by atoms with Gasteiger partial charge in [0, 0.05) is 31.5 Å². The van der Waals surface area contributed by atoms with Crippen molar-refractivity contribution in [3.8, 4) is 0 Å². The highest BCUT2D eigenvalue weighted by Gasteiger charge is 2.20. The maximum atomic E-state index is 4.48. The predicted molar refractivity (Wildman–Crippen MR) is 86.5 cm³/mol. The van der Waals surface area contributed by atoms with Crippen LogP contribution in [0.3, 0.4) is 0 Å². The van der Waals surface area contributed by atoms with E-state index in [0.29, 0.717) is 6.04 Å². The van der Waals surface area contributed by atoms with Crippen LogP contribution >= 0.6 is 0 Å². The Morgan fingerprint density at radius 3 is 2.90 bits per heavy atom. The van der Waals surface area contributed by atoms with E-state index in [1.807, 2.05) is 17.9 Å². The normalized spacial score (nSPS) is 15.3. The lowest BCUT2D eigenvalue weighted by atomic mass is 10.0. The molecule has 2 heterocycles. The molecule has 0 bridgehead atoms. The van der Waals surface area contributed by atoms with Crippen LogP contribution in [-0.4, -0.2) is 22.9 Å². The van der Waals surface area contributed by atoms with Gasteiger partial charge in [-0.15, -0.1) is 0 Å². The maximum absolute atomic E-state index is 4.48. The van der Waals surface area contributed by atoms with E-state index < -0.39 is 0 Å². The van der Waals surface area contributed by atoms with Crippen LogP contribution in [-0.2, 0) is 20.0 Å². The van der Waals surface area contributed by atoms with Gasteiger partial charge < -0.3 is 10.2 Å². The molecule has 0 saturated heterocycles. The van der Waals surface area contributed by atoms with Crippen LogP contribution < -0.4 is 10.2 Å². The molecule has 0 amide bonds. The molecule has 0 aliphatic carbocycles. The molecule has 112 valence electrons. The first-order valence-corrected chi connectivity index (χ1v) is 7.77. The molecule has 2 aromatic rings. The molecule has 4 heteroatoms. The average Bonchev–Trinajstić information content (AvgIpc) is 3.06. The third kappa shape index (κ3) is 2.95. The predicted octanol–water partition coefficient (Wildman–Crippen LogP) is 2.65. The van der Waals surface area contributed by atoms with Crippen molar-refractivity contribution in [3.05, 3.63) is 47.3 Å². The minimum atomic E-state index is 0.421. The fourth-order valence-electron chi connectivity index (χ4n) is 3.09. The summed E-state index contributed by atoms with van der Waals surface area (Å²) in [6.45, 7) is 7.37. The summed E-state index contributed by atoms with van der Waals surface area (Å²) in [5.41, 5.74) is 5.35. The molecule has 4 nitrogen and oxygen atoms in total. The van der Waals surface area contributed by atoms with Gasteiger partial charge in [-0.2, -0.15) is 5.10 Å². The van der Waals surface area contributed by atoms with Gasteiger partial charge in [-0.25, -0.2) is 0 Å². The van der Waals surface area contributed by atoms with Crippen LogP contribution in [0.4, 0.5) is 5.69 Å². The number of rotatable bonds is 5. The lowest BCUT2D eigenvalue weighted by Crippen LogP contribution is -2.20. The highest BCUT2D eigenvalue weighted by Crippen LogP contribution is 2.31. The molecule has 1 aliphatic rings. The van der Waals surface area contributed by atoms with E-state index in [9.17, 15) is 0 Å². The van der Waals surface area contributed by atoms with E-state index in [2.05, 4.69) is 53.4 Å². The number of aromatic nitrogens is 2. The Morgan fingerprint density at radius 1 is 1.33 bits per heavy atom. The second-order valence-corrected chi connectivity index (χ2v) is 5.82. The Hall–Kier alpha value is -1.81. The first-order valence-electron chi connectivity index (χ1n) is 7.77. The lowest BCUT2D eigenvalue weighted by Gasteiger charge is -2.19. The van der Waals surface area contributed by atoms with Crippen LogP contribution in [0.15, 0.2) is 30.5 Å². The van der Waals surface area contributed by atoms with Crippen LogP contribution in [0.5, 0.6) is 0 Å². The Morgan fingerprint density at radius 2 is 2.19 bits per heavy atom. The second kappa shape index (κ2) is 5.90. The summed E-state index contributed by atoms with van der Waals surface area (Å²) in [5, 5.41) is 7.96. The fourth-order valence-corrected chi connectivity index (χ4v) is 3.09. The quantitative estimate of drug-likeness (QED) is 0.916. The molecule has 1 atom stereocenters. The molecule has 0 saturated carbocycles. The summed E-state index contributed by atoms with van der Waals surface area (Å²) < 4.78 is 1.87. The Bertz CT molecular complexity index is 617. The summed E-state index contributed by atoms with van der Waals surface area (Å²) in [6.07, 6.45) is 3.14. The second-order valence-electron chi connectivity index (χ2n) is 5.82. The SMILES string of the molecule is CCNC(C)c1ccc2c(c1)CCN2Cc1ccn(C)n1. The van der Waals surface area contributed by atoms with Gasteiger partial charge in [0.1, 0.15) is 0 Å². The molecule has 1 unspecified atom stereocenters. The first kappa shape index (κ1) is 14.1. The molecular formula is C17H24N4. The monoisotopic (exact) mass is 284 g/mol. The van der Waals surface area contributed by atoms with Crippen molar-refractivity contribution < 1.29 is 0 Å². The van der Waals surface area contributed by atoms with Gasteiger partial charge in [-0.1, -0.05) is 19.1 Å². The molecule has 0 spiro atoms. The van der Waals surface area contributed by atoms with Crippen molar-refractivity contribution in [2.24, 2.45) is 7.05 Å². The van der Waals surface area contributed by atoms with E-state index in [4.69, 9.17) is 0 Å². The van der Waals surface area contributed by atoms with Gasteiger partial charge in [0.2, 0.25) is 0 Å². The number of benzene rings is 1. The van der Waals surface area contributed by atoms with Crippen molar-refractivity contribution >= 4 is 5.69 Å². The highest BCUT2D eigenvalue weighted by molar-refractivity contribution is 5.59. The largest absolute Gasteiger partial charge is 0.365 e. The number of nitrogens with one attached hydrogen (secondary N) is 1. The topological polar surface area (TPSA) is 33.1 Å². The summed E-state index contributed by atoms with van der Waals surface area (Å²) in [6, 6.07) is 9.41. The lowest BCUT2D eigenvalue weighted by molar-refractivity contribution is 0.598. The number of hydrogen-bond acceptors (Lipinski definition) is 3. The summed E-state index contributed by atoms with van der Waals surface area (Å²) in [7, 11) is 1.97. The number of nitrogens with zero attached hydrogens (tertiary/aromatic N) is 3. The van der Waals surface area contributed by atoms with E-state index in [1.54, 1.807) is 0 Å². The third-order valence-corrected chi connectivity index (χ3v) is 4.23. The third-order valence-electron chi connectivity index (χ3n) is 4.23. The van der Waals surface area contributed by atoms with Crippen LogP contribution in [0.1, 0.15) is 36.7 Å². The maximum Gasteiger partial charge on any atom is 0.0817 e. The van der Waals surface area contributed by atoms with Gasteiger partial charge in [0.25, 0.3) is 0 Å². The van der Waals surface area contributed by atoms with Crippen LogP contribution in [0.25, 0.3) is 0 Å². The van der Waals surface area contributed by atoms with Gasteiger partial charge in [0.05, 0.1) is 12.2 Å². The van der Waals surface area contributed by atoms with Crippen molar-refractivity contribution in [2.75, 3.05) is 18.0 Å². The molecule has 21 heavy (non-hydrogen) atoms. The molecule has 0 fully saturated rings. The zero-order chi connectivity index (χ0) is 14.8. The molecular weight excluding hydrogens is 260 g/mol.